The van der Waals surface area contributed by atoms with Gasteiger partial charge in [-0.2, -0.15) is 0 Å². The number of nitrogens with one attached hydrogen (secondary N) is 1. The minimum absolute atomic E-state index is 0.0159. The van der Waals surface area contributed by atoms with Crippen molar-refractivity contribution in [1.82, 2.24) is 10.3 Å². The lowest BCUT2D eigenvalue weighted by Gasteiger charge is -2.37. The van der Waals surface area contributed by atoms with Crippen LogP contribution in [0.5, 0.6) is 0 Å². The average molecular weight is 276 g/mol. The van der Waals surface area contributed by atoms with Gasteiger partial charge < -0.3 is 10.4 Å². The first-order valence-electron chi connectivity index (χ1n) is 6.97. The Bertz CT molecular complexity index is 508. The fraction of sp³-hybridized carbons (Fsp3) is 0.533. The Labute approximate surface area is 118 Å². The minimum Gasteiger partial charge on any atom is -0.481 e. The summed E-state index contributed by atoms with van der Waals surface area (Å²) in [6.45, 7) is 1.87. The van der Waals surface area contributed by atoms with Gasteiger partial charge in [0.05, 0.1) is 17.5 Å². The summed E-state index contributed by atoms with van der Waals surface area (Å²) in [5, 5.41) is 12.0. The molecule has 0 saturated heterocycles. The monoisotopic (exact) mass is 276 g/mol. The topological polar surface area (TPSA) is 79.3 Å². The van der Waals surface area contributed by atoms with Crippen LogP contribution in [0.15, 0.2) is 18.5 Å². The molecule has 0 unspecified atom stereocenters. The van der Waals surface area contributed by atoms with E-state index in [-0.39, 0.29) is 12.3 Å². The van der Waals surface area contributed by atoms with Crippen LogP contribution >= 0.6 is 0 Å². The van der Waals surface area contributed by atoms with Gasteiger partial charge in [-0.25, -0.2) is 0 Å². The Morgan fingerprint density at radius 2 is 2.00 bits per heavy atom. The maximum Gasteiger partial charge on any atom is 0.305 e. The number of amides is 1. The molecule has 108 valence electrons. The van der Waals surface area contributed by atoms with Crippen LogP contribution in [-0.4, -0.2) is 27.5 Å². The number of nitrogens with zero attached hydrogens (tertiary/aromatic N) is 1. The van der Waals surface area contributed by atoms with Crippen molar-refractivity contribution in [2.45, 2.75) is 51.0 Å². The Morgan fingerprint density at radius 1 is 1.30 bits per heavy atom. The fourth-order valence-corrected chi connectivity index (χ4v) is 2.86. The molecule has 0 atom stereocenters. The standard InChI is InChI=1S/C15H20N2O3/c1-11-7-12(10-16-9-11)14(20)17-15(8-13(18)19)5-3-2-4-6-15/h7,9-10H,2-6,8H2,1H3,(H,17,20)(H,18,19). The highest BCUT2D eigenvalue weighted by atomic mass is 16.4. The van der Waals surface area contributed by atoms with Crippen molar-refractivity contribution >= 4 is 11.9 Å². The number of pyridine rings is 1. The number of carbonyl (C=O) groups is 2. The van der Waals surface area contributed by atoms with Crippen molar-refractivity contribution < 1.29 is 14.7 Å². The highest BCUT2D eigenvalue weighted by Gasteiger charge is 2.36. The second kappa shape index (κ2) is 6.03. The molecule has 0 spiro atoms. The van der Waals surface area contributed by atoms with Crippen LogP contribution in [0.4, 0.5) is 0 Å². The van der Waals surface area contributed by atoms with Crippen molar-refractivity contribution in [1.29, 1.82) is 0 Å². The van der Waals surface area contributed by atoms with E-state index in [0.29, 0.717) is 5.56 Å². The number of hydrogen-bond donors (Lipinski definition) is 2. The third-order valence-electron chi connectivity index (χ3n) is 3.82. The van der Waals surface area contributed by atoms with Crippen LogP contribution in [0.3, 0.4) is 0 Å². The van der Waals surface area contributed by atoms with Crippen LogP contribution in [0.2, 0.25) is 0 Å². The molecule has 1 heterocycles. The summed E-state index contributed by atoms with van der Waals surface area (Å²) >= 11 is 0. The maximum absolute atomic E-state index is 12.3. The van der Waals surface area contributed by atoms with Crippen LogP contribution in [-0.2, 0) is 4.79 Å². The Hall–Kier alpha value is -1.91. The van der Waals surface area contributed by atoms with Crippen molar-refractivity contribution in [2.75, 3.05) is 0 Å². The normalized spacial score (nSPS) is 17.4. The predicted octanol–water partition coefficient (Wildman–Crippen LogP) is 2.30. The molecule has 0 bridgehead atoms. The first-order chi connectivity index (χ1) is 9.51. The van der Waals surface area contributed by atoms with Crippen molar-refractivity contribution in [3.8, 4) is 0 Å². The van der Waals surface area contributed by atoms with E-state index >= 15 is 0 Å². The molecule has 20 heavy (non-hydrogen) atoms. The molecule has 1 aromatic heterocycles. The summed E-state index contributed by atoms with van der Waals surface area (Å²) in [5.74, 6) is -1.10. The number of aryl methyl sites for hydroxylation is 1. The zero-order valence-electron chi connectivity index (χ0n) is 11.7. The van der Waals surface area contributed by atoms with Gasteiger partial charge in [0.1, 0.15) is 0 Å². The summed E-state index contributed by atoms with van der Waals surface area (Å²) in [6, 6.07) is 1.76. The molecule has 1 aliphatic carbocycles. The summed E-state index contributed by atoms with van der Waals surface area (Å²) in [6.07, 6.45) is 7.65. The van der Waals surface area contributed by atoms with E-state index in [2.05, 4.69) is 10.3 Å². The molecule has 0 aromatic carbocycles. The van der Waals surface area contributed by atoms with Crippen LogP contribution in [0.1, 0.15) is 54.4 Å². The number of rotatable bonds is 4. The van der Waals surface area contributed by atoms with E-state index in [1.807, 2.05) is 6.92 Å². The second-order valence-corrected chi connectivity index (χ2v) is 5.62. The summed E-state index contributed by atoms with van der Waals surface area (Å²) in [7, 11) is 0. The molecule has 2 N–H and O–H groups in total. The zero-order chi connectivity index (χ0) is 14.6. The van der Waals surface area contributed by atoms with Crippen molar-refractivity contribution in [2.24, 2.45) is 0 Å². The fourth-order valence-electron chi connectivity index (χ4n) is 2.86. The molecule has 5 nitrogen and oxygen atoms in total. The highest BCUT2D eigenvalue weighted by molar-refractivity contribution is 5.94. The quantitative estimate of drug-likeness (QED) is 0.884. The van der Waals surface area contributed by atoms with Gasteiger partial charge in [-0.1, -0.05) is 19.3 Å². The van der Waals surface area contributed by atoms with Gasteiger partial charge in [0.15, 0.2) is 0 Å². The average Bonchev–Trinajstić information content (AvgIpc) is 2.38. The molecule has 0 radical (unpaired) electrons. The molecular weight excluding hydrogens is 256 g/mol. The molecule has 1 aliphatic rings. The molecule has 1 fully saturated rings. The largest absolute Gasteiger partial charge is 0.481 e. The van der Waals surface area contributed by atoms with E-state index in [1.54, 1.807) is 12.3 Å². The Kier molecular flexibility index (Phi) is 4.37. The van der Waals surface area contributed by atoms with Gasteiger partial charge in [-0.15, -0.1) is 0 Å². The van der Waals surface area contributed by atoms with Gasteiger partial charge in [-0.05, 0) is 31.4 Å². The van der Waals surface area contributed by atoms with Gasteiger partial charge in [0, 0.05) is 12.4 Å². The number of aromatic nitrogens is 1. The van der Waals surface area contributed by atoms with Gasteiger partial charge >= 0.3 is 5.97 Å². The van der Waals surface area contributed by atoms with Crippen LogP contribution in [0.25, 0.3) is 0 Å². The van der Waals surface area contributed by atoms with E-state index in [1.165, 1.54) is 6.20 Å². The van der Waals surface area contributed by atoms with Gasteiger partial charge in [0.2, 0.25) is 0 Å². The molecule has 5 heteroatoms. The molecule has 1 aromatic rings. The number of carbonyl (C=O) groups excluding carboxylic acids is 1. The van der Waals surface area contributed by atoms with Gasteiger partial charge in [0.25, 0.3) is 5.91 Å². The predicted molar refractivity (Wildman–Crippen MR) is 74.5 cm³/mol. The molecular formula is C15H20N2O3. The molecule has 2 rings (SSSR count). The Balaban J connectivity index is 2.15. The van der Waals surface area contributed by atoms with E-state index in [9.17, 15) is 9.59 Å². The van der Waals surface area contributed by atoms with Crippen LogP contribution < -0.4 is 5.32 Å². The maximum atomic E-state index is 12.3. The molecule has 1 amide bonds. The van der Waals surface area contributed by atoms with E-state index < -0.39 is 11.5 Å². The lowest BCUT2D eigenvalue weighted by molar-refractivity contribution is -0.139. The summed E-state index contributed by atoms with van der Waals surface area (Å²) in [5.41, 5.74) is 0.791. The minimum atomic E-state index is -0.866. The number of aliphatic carboxylic acids is 1. The smallest absolute Gasteiger partial charge is 0.305 e. The van der Waals surface area contributed by atoms with E-state index in [0.717, 1.165) is 37.7 Å². The SMILES string of the molecule is Cc1cncc(C(=O)NC2(CC(=O)O)CCCCC2)c1. The third-order valence-corrected chi connectivity index (χ3v) is 3.82. The number of hydrogen-bond acceptors (Lipinski definition) is 3. The summed E-state index contributed by atoms with van der Waals surface area (Å²) in [4.78, 5) is 27.4. The first-order valence-corrected chi connectivity index (χ1v) is 6.97. The lowest BCUT2D eigenvalue weighted by atomic mass is 9.79. The Morgan fingerprint density at radius 3 is 2.60 bits per heavy atom. The van der Waals surface area contributed by atoms with Crippen molar-refractivity contribution in [3.05, 3.63) is 29.6 Å². The first kappa shape index (κ1) is 14.5. The number of carboxylic acids is 1. The highest BCUT2D eigenvalue weighted by Crippen LogP contribution is 2.31. The second-order valence-electron chi connectivity index (χ2n) is 5.62. The molecule has 0 aliphatic heterocycles. The molecule has 1 saturated carbocycles. The third kappa shape index (κ3) is 3.56. The van der Waals surface area contributed by atoms with Crippen LogP contribution in [0, 0.1) is 6.92 Å². The van der Waals surface area contributed by atoms with Gasteiger partial charge in [-0.3, -0.25) is 14.6 Å². The van der Waals surface area contributed by atoms with Crippen molar-refractivity contribution in [3.63, 3.8) is 0 Å². The van der Waals surface area contributed by atoms with E-state index in [4.69, 9.17) is 5.11 Å². The summed E-state index contributed by atoms with van der Waals surface area (Å²) < 4.78 is 0. The number of carboxylic acid groups (broad SMARTS) is 1. The lowest BCUT2D eigenvalue weighted by Crippen LogP contribution is -2.51. The zero-order valence-corrected chi connectivity index (χ0v) is 11.7.